The fourth-order valence-corrected chi connectivity index (χ4v) is 3.46. The monoisotopic (exact) mass is 413 g/mol. The Kier molecular flexibility index (Phi) is 6.44. The number of methoxy groups -OCH3 is 1. The van der Waals surface area contributed by atoms with Crippen molar-refractivity contribution in [3.63, 3.8) is 0 Å². The van der Waals surface area contributed by atoms with Gasteiger partial charge < -0.3 is 24.7 Å². The molecule has 0 atom stereocenters. The lowest BCUT2D eigenvalue weighted by atomic mass is 10.1. The number of aromatic nitrogens is 1. The summed E-state index contributed by atoms with van der Waals surface area (Å²) in [6.07, 6.45) is 1.72. The number of esters is 1. The third kappa shape index (κ3) is 4.64. The molecule has 0 saturated heterocycles. The van der Waals surface area contributed by atoms with E-state index in [4.69, 9.17) is 9.47 Å². The van der Waals surface area contributed by atoms with Crippen LogP contribution < -0.4 is 10.1 Å². The molecule has 0 aliphatic heterocycles. The molecule has 1 aliphatic rings. The number of H-pyrrole nitrogens is 1. The first kappa shape index (κ1) is 21.4. The molecule has 3 rings (SSSR count). The maximum Gasteiger partial charge on any atom is 0.355 e. The quantitative estimate of drug-likeness (QED) is 0.508. The number of nitrogens with one attached hydrogen (secondary N) is 2. The second-order valence-electron chi connectivity index (χ2n) is 7.29. The summed E-state index contributed by atoms with van der Waals surface area (Å²) in [5.41, 5.74) is 2.43. The van der Waals surface area contributed by atoms with Crippen LogP contribution in [0.2, 0.25) is 0 Å². The summed E-state index contributed by atoms with van der Waals surface area (Å²) in [6.45, 7) is 5.35. The highest BCUT2D eigenvalue weighted by atomic mass is 16.5. The third-order valence-electron chi connectivity index (χ3n) is 5.08. The zero-order valence-corrected chi connectivity index (χ0v) is 17.7. The number of carbonyl (C=O) groups is 3. The van der Waals surface area contributed by atoms with Gasteiger partial charge in [0.1, 0.15) is 11.4 Å². The summed E-state index contributed by atoms with van der Waals surface area (Å²) in [5, 5.41) is 2.84. The van der Waals surface area contributed by atoms with Crippen LogP contribution in [0.15, 0.2) is 24.3 Å². The van der Waals surface area contributed by atoms with Crippen LogP contribution in [-0.2, 0) is 4.74 Å². The maximum atomic E-state index is 13.1. The first-order chi connectivity index (χ1) is 14.3. The average Bonchev–Trinajstić information content (AvgIpc) is 3.50. The standard InChI is InChI=1S/C22H27N3O5/c1-5-30-21(27)20-13(2)19(14(3)23-20)18(26)12-25(16-9-10-16)22(28)24-15-7-6-8-17(11-15)29-4/h6-8,11,16,23H,5,9-10,12H2,1-4H3,(H,24,28). The average molecular weight is 413 g/mol. The van der Waals surface area contributed by atoms with Gasteiger partial charge in [-0.3, -0.25) is 4.79 Å². The van der Waals surface area contributed by atoms with Gasteiger partial charge in [-0.25, -0.2) is 9.59 Å². The van der Waals surface area contributed by atoms with Crippen LogP contribution >= 0.6 is 0 Å². The number of anilines is 1. The van der Waals surface area contributed by atoms with Crippen molar-refractivity contribution in [1.82, 2.24) is 9.88 Å². The fraction of sp³-hybridized carbons (Fsp3) is 0.409. The summed E-state index contributed by atoms with van der Waals surface area (Å²) in [5.74, 6) is -0.0802. The van der Waals surface area contributed by atoms with E-state index in [1.807, 2.05) is 0 Å². The highest BCUT2D eigenvalue weighted by molar-refractivity contribution is 6.05. The number of carbonyl (C=O) groups excluding carboxylic acids is 3. The number of benzene rings is 1. The van der Waals surface area contributed by atoms with Crippen molar-refractivity contribution in [2.45, 2.75) is 39.7 Å². The van der Waals surface area contributed by atoms with E-state index < -0.39 is 5.97 Å². The molecule has 30 heavy (non-hydrogen) atoms. The Morgan fingerprint density at radius 2 is 1.97 bits per heavy atom. The SMILES string of the molecule is CCOC(=O)c1[nH]c(C)c(C(=O)CN(C(=O)Nc2cccc(OC)c2)C2CC2)c1C. The lowest BCUT2D eigenvalue weighted by molar-refractivity contribution is 0.0519. The van der Waals surface area contributed by atoms with Crippen LogP contribution in [0.4, 0.5) is 10.5 Å². The number of urea groups is 1. The Bertz CT molecular complexity index is 962. The first-order valence-corrected chi connectivity index (χ1v) is 9.96. The van der Waals surface area contributed by atoms with Gasteiger partial charge in [-0.15, -0.1) is 0 Å². The number of Topliss-reactive ketones (excluding diaryl/α,β-unsaturated/α-hetero) is 1. The molecule has 1 fully saturated rings. The lowest BCUT2D eigenvalue weighted by Crippen LogP contribution is -2.40. The molecule has 2 amide bonds. The van der Waals surface area contributed by atoms with Gasteiger partial charge in [0, 0.05) is 29.1 Å². The number of aryl methyl sites for hydroxylation is 1. The molecule has 2 aromatic rings. The normalized spacial score (nSPS) is 12.9. The minimum atomic E-state index is -0.494. The van der Waals surface area contributed by atoms with Crippen molar-refractivity contribution in [2.24, 2.45) is 0 Å². The second kappa shape index (κ2) is 9.02. The molecule has 160 valence electrons. The van der Waals surface area contributed by atoms with Crippen molar-refractivity contribution in [3.8, 4) is 5.75 Å². The van der Waals surface area contributed by atoms with Crippen molar-refractivity contribution in [3.05, 3.63) is 46.8 Å². The van der Waals surface area contributed by atoms with E-state index in [9.17, 15) is 14.4 Å². The molecule has 0 unspecified atom stereocenters. The van der Waals surface area contributed by atoms with Gasteiger partial charge in [0.2, 0.25) is 0 Å². The third-order valence-corrected chi connectivity index (χ3v) is 5.08. The Labute approximate surface area is 175 Å². The number of aromatic amines is 1. The van der Waals surface area contributed by atoms with Crippen molar-refractivity contribution in [1.29, 1.82) is 0 Å². The van der Waals surface area contributed by atoms with E-state index in [0.717, 1.165) is 12.8 Å². The summed E-state index contributed by atoms with van der Waals surface area (Å²) in [7, 11) is 1.56. The molecule has 1 heterocycles. The van der Waals surface area contributed by atoms with Crippen molar-refractivity contribution >= 4 is 23.5 Å². The molecule has 0 radical (unpaired) electrons. The van der Waals surface area contributed by atoms with Crippen LogP contribution in [0.1, 0.15) is 51.9 Å². The number of nitrogens with zero attached hydrogens (tertiary/aromatic N) is 1. The van der Waals surface area contributed by atoms with Gasteiger partial charge in [-0.2, -0.15) is 0 Å². The topological polar surface area (TPSA) is 101 Å². The van der Waals surface area contributed by atoms with Gasteiger partial charge >= 0.3 is 12.0 Å². The maximum absolute atomic E-state index is 13.1. The van der Waals surface area contributed by atoms with Crippen molar-refractivity contribution in [2.75, 3.05) is 25.6 Å². The highest BCUT2D eigenvalue weighted by Crippen LogP contribution is 2.29. The lowest BCUT2D eigenvalue weighted by Gasteiger charge is -2.22. The Hall–Kier alpha value is -3.29. The van der Waals surface area contributed by atoms with E-state index in [1.54, 1.807) is 57.0 Å². The minimum absolute atomic E-state index is 0.0311. The number of ether oxygens (including phenoxy) is 2. The molecule has 1 saturated carbocycles. The van der Waals surface area contributed by atoms with E-state index in [1.165, 1.54) is 0 Å². The molecule has 2 N–H and O–H groups in total. The Balaban J connectivity index is 1.76. The van der Waals surface area contributed by atoms with E-state index in [-0.39, 0.29) is 36.7 Å². The minimum Gasteiger partial charge on any atom is -0.497 e. The molecule has 8 heteroatoms. The second-order valence-corrected chi connectivity index (χ2v) is 7.29. The number of rotatable bonds is 8. The molecule has 1 aromatic carbocycles. The Morgan fingerprint density at radius 3 is 2.60 bits per heavy atom. The molecule has 8 nitrogen and oxygen atoms in total. The number of hydrogen-bond donors (Lipinski definition) is 2. The van der Waals surface area contributed by atoms with Crippen LogP contribution in [-0.4, -0.2) is 54.0 Å². The molecule has 1 aliphatic carbocycles. The fourth-order valence-electron chi connectivity index (χ4n) is 3.46. The summed E-state index contributed by atoms with van der Waals surface area (Å²) >= 11 is 0. The molecular formula is C22H27N3O5. The van der Waals surface area contributed by atoms with Gasteiger partial charge in [-0.05, 0) is 51.3 Å². The first-order valence-electron chi connectivity index (χ1n) is 9.96. The van der Waals surface area contributed by atoms with Crippen molar-refractivity contribution < 1.29 is 23.9 Å². The number of hydrogen-bond acceptors (Lipinski definition) is 5. The van der Waals surface area contributed by atoms with E-state index in [0.29, 0.717) is 28.3 Å². The van der Waals surface area contributed by atoms with E-state index in [2.05, 4.69) is 10.3 Å². The van der Waals surface area contributed by atoms with Crippen LogP contribution in [0, 0.1) is 13.8 Å². The Morgan fingerprint density at radius 1 is 1.23 bits per heavy atom. The predicted molar refractivity (Wildman–Crippen MR) is 112 cm³/mol. The number of amides is 2. The molecular weight excluding hydrogens is 386 g/mol. The summed E-state index contributed by atoms with van der Waals surface area (Å²) < 4.78 is 10.2. The largest absolute Gasteiger partial charge is 0.497 e. The zero-order chi connectivity index (χ0) is 21.8. The zero-order valence-electron chi connectivity index (χ0n) is 17.7. The summed E-state index contributed by atoms with van der Waals surface area (Å²) in [4.78, 5) is 42.5. The van der Waals surface area contributed by atoms with Crippen LogP contribution in [0.3, 0.4) is 0 Å². The van der Waals surface area contributed by atoms with Gasteiger partial charge in [0.05, 0.1) is 20.3 Å². The smallest absolute Gasteiger partial charge is 0.355 e. The van der Waals surface area contributed by atoms with E-state index >= 15 is 0 Å². The molecule has 0 spiro atoms. The number of ketones is 1. The van der Waals surface area contributed by atoms with Gasteiger partial charge in [0.25, 0.3) is 0 Å². The van der Waals surface area contributed by atoms with Gasteiger partial charge in [-0.1, -0.05) is 6.07 Å². The van der Waals surface area contributed by atoms with Gasteiger partial charge in [0.15, 0.2) is 5.78 Å². The summed E-state index contributed by atoms with van der Waals surface area (Å²) in [6, 6.07) is 6.75. The predicted octanol–water partition coefficient (Wildman–Crippen LogP) is 3.70. The molecule has 0 bridgehead atoms. The highest BCUT2D eigenvalue weighted by Gasteiger charge is 2.35. The van der Waals surface area contributed by atoms with Crippen LogP contribution in [0.25, 0.3) is 0 Å². The van der Waals surface area contributed by atoms with Crippen LogP contribution in [0.5, 0.6) is 5.75 Å². The molecule has 1 aromatic heterocycles.